The van der Waals surface area contributed by atoms with Crippen molar-refractivity contribution in [1.29, 1.82) is 0 Å². The molecule has 0 saturated carbocycles. The molecular formula is C14H26N2O. The minimum atomic E-state index is 0.0101. The van der Waals surface area contributed by atoms with E-state index in [4.69, 9.17) is 5.73 Å². The third kappa shape index (κ3) is 3.84. The van der Waals surface area contributed by atoms with Crippen molar-refractivity contribution >= 4 is 5.91 Å². The molecule has 3 unspecified atom stereocenters. The first kappa shape index (κ1) is 14.2. The Bertz CT molecular complexity index is 275. The van der Waals surface area contributed by atoms with Crippen LogP contribution in [0.5, 0.6) is 0 Å². The van der Waals surface area contributed by atoms with E-state index in [0.29, 0.717) is 6.04 Å². The quantitative estimate of drug-likeness (QED) is 0.722. The molecule has 1 rings (SSSR count). The van der Waals surface area contributed by atoms with E-state index in [2.05, 4.69) is 20.8 Å². The van der Waals surface area contributed by atoms with E-state index in [0.717, 1.165) is 32.2 Å². The molecule has 17 heavy (non-hydrogen) atoms. The molecule has 0 heterocycles. The average molecular weight is 238 g/mol. The number of carbonyl (C=O) groups excluding carboxylic acids is 1. The van der Waals surface area contributed by atoms with Crippen LogP contribution in [0.25, 0.3) is 0 Å². The number of amides is 1. The van der Waals surface area contributed by atoms with Gasteiger partial charge in [-0.25, -0.2) is 0 Å². The van der Waals surface area contributed by atoms with E-state index in [1.54, 1.807) is 0 Å². The van der Waals surface area contributed by atoms with Gasteiger partial charge in [0.05, 0.1) is 5.92 Å². The Morgan fingerprint density at radius 2 is 2.18 bits per heavy atom. The number of hydrogen-bond donors (Lipinski definition) is 1. The summed E-state index contributed by atoms with van der Waals surface area (Å²) in [7, 11) is 0. The summed E-state index contributed by atoms with van der Waals surface area (Å²) < 4.78 is 0. The lowest BCUT2D eigenvalue weighted by Gasteiger charge is -2.30. The van der Waals surface area contributed by atoms with Crippen LogP contribution in [0.3, 0.4) is 0 Å². The van der Waals surface area contributed by atoms with Crippen LogP contribution in [-0.4, -0.2) is 29.4 Å². The third-order valence-electron chi connectivity index (χ3n) is 3.59. The Morgan fingerprint density at radius 3 is 2.65 bits per heavy atom. The number of rotatable bonds is 6. The smallest absolute Gasteiger partial charge is 0.229 e. The number of nitrogens with two attached hydrogens (primary N) is 1. The van der Waals surface area contributed by atoms with Crippen molar-refractivity contribution in [2.45, 2.75) is 58.5 Å². The molecule has 0 aromatic rings. The molecule has 3 heteroatoms. The van der Waals surface area contributed by atoms with Gasteiger partial charge in [0.1, 0.15) is 0 Å². The molecule has 0 saturated heterocycles. The first-order valence-corrected chi connectivity index (χ1v) is 6.84. The van der Waals surface area contributed by atoms with Crippen molar-refractivity contribution in [2.75, 3.05) is 6.54 Å². The lowest BCUT2D eigenvalue weighted by atomic mass is 10.0. The van der Waals surface area contributed by atoms with E-state index in [-0.39, 0.29) is 17.9 Å². The van der Waals surface area contributed by atoms with Crippen molar-refractivity contribution in [2.24, 2.45) is 11.7 Å². The Hall–Kier alpha value is -0.830. The van der Waals surface area contributed by atoms with Gasteiger partial charge in [0.2, 0.25) is 5.91 Å². The number of carbonyl (C=O) groups is 1. The van der Waals surface area contributed by atoms with E-state index >= 15 is 0 Å². The topological polar surface area (TPSA) is 46.3 Å². The second-order valence-corrected chi connectivity index (χ2v) is 5.03. The van der Waals surface area contributed by atoms with E-state index in [1.807, 2.05) is 17.1 Å². The van der Waals surface area contributed by atoms with Gasteiger partial charge in [0.25, 0.3) is 0 Å². The van der Waals surface area contributed by atoms with E-state index in [9.17, 15) is 4.79 Å². The highest BCUT2D eigenvalue weighted by molar-refractivity contribution is 5.81. The maximum Gasteiger partial charge on any atom is 0.229 e. The maximum absolute atomic E-state index is 12.4. The van der Waals surface area contributed by atoms with E-state index in [1.165, 1.54) is 0 Å². The van der Waals surface area contributed by atoms with Crippen LogP contribution in [0.2, 0.25) is 0 Å². The Morgan fingerprint density at radius 1 is 1.47 bits per heavy atom. The highest BCUT2D eigenvalue weighted by atomic mass is 16.2. The number of nitrogens with zero attached hydrogens (tertiary/aromatic N) is 1. The summed E-state index contributed by atoms with van der Waals surface area (Å²) in [5, 5.41) is 0. The normalized spacial score (nSPS) is 24.9. The molecule has 98 valence electrons. The van der Waals surface area contributed by atoms with Gasteiger partial charge in [-0.2, -0.15) is 0 Å². The minimum Gasteiger partial charge on any atom is -0.339 e. The molecular weight excluding hydrogens is 212 g/mol. The van der Waals surface area contributed by atoms with Gasteiger partial charge in [0, 0.05) is 18.6 Å². The molecule has 0 fully saturated rings. The Balaban J connectivity index is 2.62. The summed E-state index contributed by atoms with van der Waals surface area (Å²) in [6, 6.07) is 0.396. The number of hydrogen-bond acceptors (Lipinski definition) is 2. The highest BCUT2D eigenvalue weighted by Gasteiger charge is 2.28. The van der Waals surface area contributed by atoms with Gasteiger partial charge < -0.3 is 10.6 Å². The van der Waals surface area contributed by atoms with Gasteiger partial charge in [-0.05, 0) is 26.2 Å². The SMILES string of the molecule is CCCCN(C(=O)C1C=CC(N)C1)C(C)CC. The lowest BCUT2D eigenvalue weighted by Crippen LogP contribution is -2.42. The van der Waals surface area contributed by atoms with E-state index < -0.39 is 0 Å². The molecule has 0 aromatic carbocycles. The second kappa shape index (κ2) is 6.80. The fourth-order valence-corrected chi connectivity index (χ4v) is 2.22. The first-order chi connectivity index (χ1) is 8.10. The summed E-state index contributed by atoms with van der Waals surface area (Å²) >= 11 is 0. The van der Waals surface area contributed by atoms with Crippen molar-refractivity contribution in [1.82, 2.24) is 4.90 Å². The molecule has 1 aliphatic rings. The first-order valence-electron chi connectivity index (χ1n) is 6.84. The monoisotopic (exact) mass is 238 g/mol. The predicted molar refractivity (Wildman–Crippen MR) is 71.6 cm³/mol. The van der Waals surface area contributed by atoms with Crippen LogP contribution in [-0.2, 0) is 4.79 Å². The van der Waals surface area contributed by atoms with Gasteiger partial charge in [-0.3, -0.25) is 4.79 Å². The largest absolute Gasteiger partial charge is 0.339 e. The van der Waals surface area contributed by atoms with Gasteiger partial charge >= 0.3 is 0 Å². The molecule has 0 spiro atoms. The highest BCUT2D eigenvalue weighted by Crippen LogP contribution is 2.21. The summed E-state index contributed by atoms with van der Waals surface area (Å²) in [6.07, 6.45) is 7.93. The number of unbranched alkanes of at least 4 members (excludes halogenated alkanes) is 1. The molecule has 3 nitrogen and oxygen atoms in total. The summed E-state index contributed by atoms with van der Waals surface area (Å²) in [5.41, 5.74) is 5.81. The molecule has 1 amide bonds. The summed E-state index contributed by atoms with van der Waals surface area (Å²) in [5.74, 6) is 0.271. The van der Waals surface area contributed by atoms with Crippen molar-refractivity contribution in [3.05, 3.63) is 12.2 Å². The van der Waals surface area contributed by atoms with Crippen LogP contribution in [0.1, 0.15) is 46.5 Å². The standard InChI is InChI=1S/C14H26N2O/c1-4-6-9-16(11(3)5-2)14(17)12-7-8-13(15)10-12/h7-8,11-13H,4-6,9-10,15H2,1-3H3. The lowest BCUT2D eigenvalue weighted by molar-refractivity contribution is -0.136. The van der Waals surface area contributed by atoms with Gasteiger partial charge in [-0.15, -0.1) is 0 Å². The zero-order valence-corrected chi connectivity index (χ0v) is 11.4. The molecule has 0 aromatic heterocycles. The van der Waals surface area contributed by atoms with Crippen LogP contribution in [0.4, 0.5) is 0 Å². The van der Waals surface area contributed by atoms with Crippen molar-refractivity contribution in [3.8, 4) is 0 Å². The predicted octanol–water partition coefficient (Wildman–Crippen LogP) is 2.32. The van der Waals surface area contributed by atoms with Gasteiger partial charge in [-0.1, -0.05) is 32.4 Å². The summed E-state index contributed by atoms with van der Waals surface area (Å²) in [4.78, 5) is 14.5. The fraction of sp³-hybridized carbons (Fsp3) is 0.786. The minimum absolute atomic E-state index is 0.0101. The molecule has 0 radical (unpaired) electrons. The molecule has 3 atom stereocenters. The fourth-order valence-electron chi connectivity index (χ4n) is 2.22. The Kier molecular flexibility index (Phi) is 5.69. The molecule has 0 bridgehead atoms. The van der Waals surface area contributed by atoms with Crippen LogP contribution >= 0.6 is 0 Å². The van der Waals surface area contributed by atoms with Crippen LogP contribution < -0.4 is 5.73 Å². The second-order valence-electron chi connectivity index (χ2n) is 5.03. The average Bonchev–Trinajstić information content (AvgIpc) is 2.75. The van der Waals surface area contributed by atoms with Crippen LogP contribution in [0.15, 0.2) is 12.2 Å². The van der Waals surface area contributed by atoms with Crippen molar-refractivity contribution in [3.63, 3.8) is 0 Å². The van der Waals surface area contributed by atoms with Crippen LogP contribution in [0, 0.1) is 5.92 Å². The summed E-state index contributed by atoms with van der Waals surface area (Å²) in [6.45, 7) is 7.30. The zero-order valence-electron chi connectivity index (χ0n) is 11.4. The molecule has 2 N–H and O–H groups in total. The Labute approximate surface area is 105 Å². The molecule has 0 aliphatic heterocycles. The van der Waals surface area contributed by atoms with Gasteiger partial charge in [0.15, 0.2) is 0 Å². The molecule has 1 aliphatic carbocycles. The third-order valence-corrected chi connectivity index (χ3v) is 3.59. The zero-order chi connectivity index (χ0) is 12.8. The maximum atomic E-state index is 12.4. The van der Waals surface area contributed by atoms with Crippen molar-refractivity contribution < 1.29 is 4.79 Å².